The highest BCUT2D eigenvalue weighted by Gasteiger charge is 2.05. The highest BCUT2D eigenvalue weighted by molar-refractivity contribution is 6.30. The van der Waals surface area contributed by atoms with Gasteiger partial charge < -0.3 is 15.4 Å². The molecule has 0 fully saturated rings. The van der Waals surface area contributed by atoms with E-state index < -0.39 is 0 Å². The van der Waals surface area contributed by atoms with Crippen molar-refractivity contribution in [3.63, 3.8) is 0 Å². The fraction of sp³-hybridized carbons (Fsp3) is 0.167. The van der Waals surface area contributed by atoms with E-state index in [4.69, 9.17) is 16.3 Å². The lowest BCUT2D eigenvalue weighted by Crippen LogP contribution is -2.03. The Labute approximate surface area is 151 Å². The first-order chi connectivity index (χ1) is 12.1. The van der Waals surface area contributed by atoms with Gasteiger partial charge in [0, 0.05) is 16.4 Å². The van der Waals surface area contributed by atoms with Gasteiger partial charge in [-0.1, -0.05) is 17.7 Å². The normalized spacial score (nSPS) is 10.4. The van der Waals surface area contributed by atoms with Crippen LogP contribution in [-0.4, -0.2) is 21.8 Å². The minimum Gasteiger partial charge on any atom is -0.494 e. The Bertz CT molecular complexity index is 854. The first kappa shape index (κ1) is 17.0. The van der Waals surface area contributed by atoms with Gasteiger partial charge in [-0.25, -0.2) is 0 Å². The Balaban J connectivity index is 1.74. The van der Waals surface area contributed by atoms with E-state index in [1.807, 2.05) is 56.3 Å². The van der Waals surface area contributed by atoms with Crippen molar-refractivity contribution in [3.05, 3.63) is 59.2 Å². The number of benzene rings is 2. The molecule has 0 aliphatic carbocycles. The zero-order valence-electron chi connectivity index (χ0n) is 14.0. The van der Waals surface area contributed by atoms with Crippen LogP contribution in [0.5, 0.6) is 5.75 Å². The molecule has 6 nitrogen and oxygen atoms in total. The van der Waals surface area contributed by atoms with E-state index in [1.54, 1.807) is 6.20 Å². The number of nitrogens with one attached hydrogen (secondary N) is 2. The molecule has 0 atom stereocenters. The van der Waals surface area contributed by atoms with E-state index in [9.17, 15) is 0 Å². The summed E-state index contributed by atoms with van der Waals surface area (Å²) in [5.74, 6) is 1.79. The number of aromatic nitrogens is 3. The number of ether oxygens (including phenoxy) is 1. The summed E-state index contributed by atoms with van der Waals surface area (Å²) in [4.78, 5) is 4.42. The van der Waals surface area contributed by atoms with Crippen molar-refractivity contribution in [1.82, 2.24) is 15.2 Å². The molecule has 3 rings (SSSR count). The smallest absolute Gasteiger partial charge is 0.249 e. The van der Waals surface area contributed by atoms with Gasteiger partial charge in [-0.3, -0.25) is 0 Å². The molecule has 2 aromatic carbocycles. The minimum atomic E-state index is 0.397. The second-order valence-electron chi connectivity index (χ2n) is 5.33. The molecule has 0 aliphatic rings. The molecule has 128 valence electrons. The number of hydrogen-bond donors (Lipinski definition) is 2. The summed E-state index contributed by atoms with van der Waals surface area (Å²) < 4.78 is 5.43. The predicted octanol–water partition coefficient (Wildman–Crippen LogP) is 4.72. The third-order valence-electron chi connectivity index (χ3n) is 3.44. The molecular formula is C18H18ClN5O. The number of halogens is 1. The summed E-state index contributed by atoms with van der Waals surface area (Å²) >= 11 is 6.05. The summed E-state index contributed by atoms with van der Waals surface area (Å²) in [6.07, 6.45) is 1.56. The quantitative estimate of drug-likeness (QED) is 0.666. The van der Waals surface area contributed by atoms with Crippen molar-refractivity contribution in [2.75, 3.05) is 17.2 Å². The number of nitrogens with zero attached hydrogens (tertiary/aromatic N) is 3. The molecule has 2 N–H and O–H groups in total. The fourth-order valence-electron chi connectivity index (χ4n) is 2.21. The van der Waals surface area contributed by atoms with E-state index in [1.165, 1.54) is 0 Å². The third-order valence-corrected chi connectivity index (χ3v) is 3.68. The van der Waals surface area contributed by atoms with Crippen LogP contribution in [0.3, 0.4) is 0 Å². The Morgan fingerprint density at radius 1 is 1.08 bits per heavy atom. The van der Waals surface area contributed by atoms with Gasteiger partial charge in [0.25, 0.3) is 0 Å². The molecule has 0 aliphatic heterocycles. The molecule has 0 saturated heterocycles. The molecule has 7 heteroatoms. The summed E-state index contributed by atoms with van der Waals surface area (Å²) in [6.45, 7) is 4.58. The zero-order chi connectivity index (χ0) is 17.6. The maximum Gasteiger partial charge on any atom is 0.249 e. The van der Waals surface area contributed by atoms with Gasteiger partial charge in [0.1, 0.15) is 5.75 Å². The average Bonchev–Trinajstić information content (AvgIpc) is 2.60. The van der Waals surface area contributed by atoms with Gasteiger partial charge >= 0.3 is 0 Å². The molecule has 0 unspecified atom stereocenters. The van der Waals surface area contributed by atoms with Crippen LogP contribution < -0.4 is 15.4 Å². The Morgan fingerprint density at radius 2 is 1.88 bits per heavy atom. The monoisotopic (exact) mass is 355 g/mol. The molecular weight excluding hydrogens is 338 g/mol. The number of aryl methyl sites for hydroxylation is 1. The van der Waals surface area contributed by atoms with Gasteiger partial charge in [-0.2, -0.15) is 10.1 Å². The summed E-state index contributed by atoms with van der Waals surface area (Å²) in [5, 5.41) is 15.0. The van der Waals surface area contributed by atoms with Gasteiger partial charge in [-0.15, -0.1) is 5.10 Å². The second-order valence-corrected chi connectivity index (χ2v) is 5.77. The van der Waals surface area contributed by atoms with Crippen LogP contribution in [0, 0.1) is 6.92 Å². The van der Waals surface area contributed by atoms with Gasteiger partial charge in [0.05, 0.1) is 12.8 Å². The van der Waals surface area contributed by atoms with Crippen LogP contribution in [-0.2, 0) is 0 Å². The number of hydrogen-bond acceptors (Lipinski definition) is 6. The van der Waals surface area contributed by atoms with E-state index in [-0.39, 0.29) is 0 Å². The van der Waals surface area contributed by atoms with Crippen molar-refractivity contribution in [2.24, 2.45) is 0 Å². The SMILES string of the molecule is CCOc1ccc(Nc2nncc(Nc3cc(Cl)ccc3C)n2)cc1. The van der Waals surface area contributed by atoms with E-state index in [0.29, 0.717) is 23.4 Å². The lowest BCUT2D eigenvalue weighted by atomic mass is 10.2. The van der Waals surface area contributed by atoms with Crippen LogP contribution in [0.2, 0.25) is 5.02 Å². The van der Waals surface area contributed by atoms with E-state index >= 15 is 0 Å². The van der Waals surface area contributed by atoms with Crippen LogP contribution in [0.25, 0.3) is 0 Å². The molecule has 1 aromatic heterocycles. The topological polar surface area (TPSA) is 72.0 Å². The van der Waals surface area contributed by atoms with Gasteiger partial charge in [-0.05, 0) is 55.8 Å². The lowest BCUT2D eigenvalue weighted by molar-refractivity contribution is 0.340. The van der Waals surface area contributed by atoms with Crippen LogP contribution in [0.1, 0.15) is 12.5 Å². The molecule has 1 heterocycles. The van der Waals surface area contributed by atoms with Crippen LogP contribution >= 0.6 is 11.6 Å². The summed E-state index contributed by atoms with van der Waals surface area (Å²) in [7, 11) is 0. The number of rotatable bonds is 6. The largest absolute Gasteiger partial charge is 0.494 e. The van der Waals surface area contributed by atoms with Gasteiger partial charge in [0.2, 0.25) is 5.95 Å². The number of anilines is 4. The standard InChI is InChI=1S/C18H18ClN5O/c1-3-25-15-8-6-14(7-9-15)21-18-23-17(11-20-24-18)22-16-10-13(19)5-4-12(16)2/h4-11H,3H2,1-2H3,(H2,21,22,23,24). The van der Waals surface area contributed by atoms with Gasteiger partial charge in [0.15, 0.2) is 5.82 Å². The van der Waals surface area contributed by atoms with Crippen LogP contribution in [0.4, 0.5) is 23.1 Å². The Hall–Kier alpha value is -2.86. The molecule has 0 amide bonds. The van der Waals surface area contributed by atoms with Crippen molar-refractivity contribution < 1.29 is 4.74 Å². The first-order valence-corrected chi connectivity index (χ1v) is 8.24. The minimum absolute atomic E-state index is 0.397. The summed E-state index contributed by atoms with van der Waals surface area (Å²) in [6, 6.07) is 13.2. The highest BCUT2D eigenvalue weighted by atomic mass is 35.5. The maximum atomic E-state index is 6.05. The predicted molar refractivity (Wildman–Crippen MR) is 100 cm³/mol. The lowest BCUT2D eigenvalue weighted by Gasteiger charge is -2.10. The van der Waals surface area contributed by atoms with Crippen molar-refractivity contribution in [3.8, 4) is 5.75 Å². The fourth-order valence-corrected chi connectivity index (χ4v) is 2.39. The molecule has 0 bridgehead atoms. The Morgan fingerprint density at radius 3 is 2.64 bits per heavy atom. The molecule has 0 spiro atoms. The van der Waals surface area contributed by atoms with Crippen molar-refractivity contribution in [1.29, 1.82) is 0 Å². The van der Waals surface area contributed by atoms with Crippen molar-refractivity contribution >= 4 is 34.7 Å². The molecule has 3 aromatic rings. The Kier molecular flexibility index (Phi) is 5.30. The van der Waals surface area contributed by atoms with E-state index in [2.05, 4.69) is 25.8 Å². The summed E-state index contributed by atoms with van der Waals surface area (Å²) in [5.41, 5.74) is 2.78. The second kappa shape index (κ2) is 7.81. The van der Waals surface area contributed by atoms with Crippen molar-refractivity contribution in [2.45, 2.75) is 13.8 Å². The third kappa shape index (κ3) is 4.58. The molecule has 25 heavy (non-hydrogen) atoms. The van der Waals surface area contributed by atoms with Crippen LogP contribution in [0.15, 0.2) is 48.7 Å². The average molecular weight is 356 g/mol. The molecule has 0 saturated carbocycles. The highest BCUT2D eigenvalue weighted by Crippen LogP contribution is 2.24. The zero-order valence-corrected chi connectivity index (χ0v) is 14.7. The first-order valence-electron chi connectivity index (χ1n) is 7.87. The molecule has 0 radical (unpaired) electrons. The van der Waals surface area contributed by atoms with E-state index in [0.717, 1.165) is 22.7 Å². The maximum absolute atomic E-state index is 6.05.